The highest BCUT2D eigenvalue weighted by Gasteiger charge is 2.20. The first-order chi connectivity index (χ1) is 8.56. The summed E-state index contributed by atoms with van der Waals surface area (Å²) in [5, 5.41) is 8.70. The summed E-state index contributed by atoms with van der Waals surface area (Å²) in [7, 11) is 0. The molecule has 0 aliphatic heterocycles. The zero-order valence-electron chi connectivity index (χ0n) is 13.1. The maximum Gasteiger partial charge on any atom is 0.0876 e. The van der Waals surface area contributed by atoms with Gasteiger partial charge in [-0.05, 0) is 26.3 Å². The van der Waals surface area contributed by atoms with E-state index in [4.69, 9.17) is 9.84 Å². The summed E-state index contributed by atoms with van der Waals surface area (Å²) in [4.78, 5) is 0. The predicted octanol–water partition coefficient (Wildman–Crippen LogP) is 4.29. The van der Waals surface area contributed by atoms with E-state index in [0.29, 0.717) is 6.61 Å². The van der Waals surface area contributed by atoms with E-state index in [0.717, 1.165) is 5.56 Å². The van der Waals surface area contributed by atoms with Crippen LogP contribution in [0.1, 0.15) is 52.7 Å². The monoisotopic (exact) mass is 254 g/mol. The zero-order valence-corrected chi connectivity index (χ0v) is 13.1. The maximum absolute atomic E-state index is 8.70. The van der Waals surface area contributed by atoms with Gasteiger partial charge in [-0.15, -0.1) is 0 Å². The Morgan fingerprint density at radius 1 is 1.00 bits per heavy atom. The van der Waals surface area contributed by atoms with Crippen LogP contribution in [0.2, 0.25) is 0 Å². The largest absolute Gasteiger partial charge is 0.394 e. The highest BCUT2D eigenvalue weighted by Crippen LogP contribution is 2.24. The fraction of sp³-hybridized carbons (Fsp3) is 0.625. The molecule has 0 radical (unpaired) electrons. The van der Waals surface area contributed by atoms with Crippen LogP contribution in [0.5, 0.6) is 0 Å². The summed E-state index contributed by atoms with van der Waals surface area (Å²) in [6.45, 7) is 14.5. The molecular weight excluding hydrogens is 224 g/mol. The van der Waals surface area contributed by atoms with Crippen LogP contribution in [0.4, 0.5) is 0 Å². The van der Waals surface area contributed by atoms with Gasteiger partial charge in [-0.3, -0.25) is 0 Å². The molecule has 2 heteroatoms. The van der Waals surface area contributed by atoms with E-state index in [-0.39, 0.29) is 12.2 Å². The summed E-state index contributed by atoms with van der Waals surface area (Å²) < 4.78 is 5.55. The molecule has 0 aliphatic rings. The lowest BCUT2D eigenvalue weighted by Gasteiger charge is -2.25. The molecule has 0 aromatic heterocycles. The smallest absolute Gasteiger partial charge is 0.0876 e. The van der Waals surface area contributed by atoms with E-state index in [1.807, 2.05) is 41.5 Å². The molecule has 2 nitrogen and oxygen atoms in total. The Labute approximate surface area is 113 Å². The second-order valence-electron chi connectivity index (χ2n) is 3.95. The number of ether oxygens (including phenoxy) is 1. The number of benzene rings is 1. The number of hydrogen-bond donors (Lipinski definition) is 1. The molecular formula is C16H30O2. The molecule has 1 aromatic carbocycles. The van der Waals surface area contributed by atoms with Crippen LogP contribution in [-0.2, 0) is 10.3 Å². The molecule has 1 aromatic rings. The highest BCUT2D eigenvalue weighted by molar-refractivity contribution is 5.25. The first-order valence-corrected chi connectivity index (χ1v) is 6.88. The molecule has 0 saturated heterocycles. The Bertz CT molecular complexity index is 276. The number of aliphatic hydroxyl groups excluding tert-OH is 1. The molecule has 0 fully saturated rings. The minimum atomic E-state index is -0.323. The second kappa shape index (κ2) is 11.2. The Morgan fingerprint density at radius 3 is 1.83 bits per heavy atom. The lowest BCUT2D eigenvalue weighted by molar-refractivity contribution is -0.0369. The maximum atomic E-state index is 8.70. The van der Waals surface area contributed by atoms with Crippen molar-refractivity contribution in [2.24, 2.45) is 0 Å². The zero-order chi connectivity index (χ0) is 14.6. The number of aryl methyl sites for hydroxylation is 1. The van der Waals surface area contributed by atoms with Crippen LogP contribution in [-0.4, -0.2) is 18.3 Å². The van der Waals surface area contributed by atoms with Crippen molar-refractivity contribution in [3.05, 3.63) is 35.4 Å². The van der Waals surface area contributed by atoms with Gasteiger partial charge >= 0.3 is 0 Å². The summed E-state index contributed by atoms with van der Waals surface area (Å²) >= 11 is 0. The van der Waals surface area contributed by atoms with Gasteiger partial charge in [-0.2, -0.15) is 0 Å². The molecule has 0 amide bonds. The minimum Gasteiger partial charge on any atom is -0.394 e. The van der Waals surface area contributed by atoms with Gasteiger partial charge in [0.2, 0.25) is 0 Å². The molecule has 1 rings (SSSR count). The van der Waals surface area contributed by atoms with Gasteiger partial charge in [0.25, 0.3) is 0 Å². The highest BCUT2D eigenvalue weighted by atomic mass is 16.5. The SMILES string of the molecule is CC.CC.Cc1ccc(C(C)(C)OCCO)cc1. The van der Waals surface area contributed by atoms with Gasteiger partial charge in [0.05, 0.1) is 18.8 Å². The van der Waals surface area contributed by atoms with Crippen LogP contribution < -0.4 is 0 Å². The van der Waals surface area contributed by atoms with Gasteiger partial charge in [-0.25, -0.2) is 0 Å². The van der Waals surface area contributed by atoms with Crippen molar-refractivity contribution >= 4 is 0 Å². The number of aliphatic hydroxyl groups is 1. The molecule has 0 unspecified atom stereocenters. The molecule has 106 valence electrons. The molecule has 0 bridgehead atoms. The third kappa shape index (κ3) is 7.46. The molecule has 0 atom stereocenters. The number of hydrogen-bond acceptors (Lipinski definition) is 2. The van der Waals surface area contributed by atoms with E-state index in [2.05, 4.69) is 31.2 Å². The third-order valence-electron chi connectivity index (χ3n) is 2.30. The Hall–Kier alpha value is -0.860. The van der Waals surface area contributed by atoms with Gasteiger partial charge in [0.1, 0.15) is 0 Å². The quantitative estimate of drug-likeness (QED) is 0.868. The molecule has 0 saturated carbocycles. The summed E-state index contributed by atoms with van der Waals surface area (Å²) in [5.74, 6) is 0. The van der Waals surface area contributed by atoms with Gasteiger partial charge in [0, 0.05) is 0 Å². The van der Waals surface area contributed by atoms with Crippen molar-refractivity contribution in [3.8, 4) is 0 Å². The van der Waals surface area contributed by atoms with Crippen molar-refractivity contribution in [3.63, 3.8) is 0 Å². The van der Waals surface area contributed by atoms with Crippen LogP contribution in [0, 0.1) is 6.92 Å². The van der Waals surface area contributed by atoms with Crippen LogP contribution in [0.15, 0.2) is 24.3 Å². The van der Waals surface area contributed by atoms with E-state index in [1.54, 1.807) is 0 Å². The lowest BCUT2D eigenvalue weighted by atomic mass is 9.97. The van der Waals surface area contributed by atoms with Crippen molar-refractivity contribution in [2.45, 2.75) is 54.1 Å². The normalized spacial score (nSPS) is 9.78. The number of rotatable bonds is 4. The van der Waals surface area contributed by atoms with E-state index in [9.17, 15) is 0 Å². The van der Waals surface area contributed by atoms with E-state index < -0.39 is 0 Å². The Balaban J connectivity index is 0. The topological polar surface area (TPSA) is 29.5 Å². The molecule has 0 aliphatic carbocycles. The summed E-state index contributed by atoms with van der Waals surface area (Å²) in [5.41, 5.74) is 2.06. The second-order valence-corrected chi connectivity index (χ2v) is 3.95. The van der Waals surface area contributed by atoms with Crippen LogP contribution >= 0.6 is 0 Å². The van der Waals surface area contributed by atoms with Gasteiger partial charge in [0.15, 0.2) is 0 Å². The molecule has 0 spiro atoms. The lowest BCUT2D eigenvalue weighted by Crippen LogP contribution is -2.23. The summed E-state index contributed by atoms with van der Waals surface area (Å²) in [6, 6.07) is 8.26. The average Bonchev–Trinajstić information content (AvgIpc) is 2.41. The Kier molecular flexibility index (Phi) is 12.2. The fourth-order valence-corrected chi connectivity index (χ4v) is 1.34. The average molecular weight is 254 g/mol. The van der Waals surface area contributed by atoms with E-state index in [1.165, 1.54) is 5.56 Å². The van der Waals surface area contributed by atoms with Crippen LogP contribution in [0.25, 0.3) is 0 Å². The van der Waals surface area contributed by atoms with Gasteiger partial charge in [-0.1, -0.05) is 57.5 Å². The van der Waals surface area contributed by atoms with Crippen molar-refractivity contribution in [1.29, 1.82) is 0 Å². The van der Waals surface area contributed by atoms with Crippen molar-refractivity contribution < 1.29 is 9.84 Å². The van der Waals surface area contributed by atoms with Crippen LogP contribution in [0.3, 0.4) is 0 Å². The summed E-state index contributed by atoms with van der Waals surface area (Å²) in [6.07, 6.45) is 0. The standard InChI is InChI=1S/C12H18O2.2C2H6/c1-10-4-6-11(7-5-10)12(2,3)14-9-8-13;2*1-2/h4-7,13H,8-9H2,1-3H3;2*1-2H3. The van der Waals surface area contributed by atoms with Crippen molar-refractivity contribution in [2.75, 3.05) is 13.2 Å². The minimum absolute atomic E-state index is 0.0648. The molecule has 18 heavy (non-hydrogen) atoms. The van der Waals surface area contributed by atoms with Gasteiger partial charge < -0.3 is 9.84 Å². The first kappa shape index (κ1) is 19.5. The molecule has 1 N–H and O–H groups in total. The fourth-order valence-electron chi connectivity index (χ4n) is 1.34. The first-order valence-electron chi connectivity index (χ1n) is 6.88. The third-order valence-corrected chi connectivity index (χ3v) is 2.30. The predicted molar refractivity (Wildman–Crippen MR) is 79.9 cm³/mol. The van der Waals surface area contributed by atoms with E-state index >= 15 is 0 Å². The Morgan fingerprint density at radius 2 is 1.44 bits per heavy atom. The molecule has 0 heterocycles. The van der Waals surface area contributed by atoms with Crippen molar-refractivity contribution in [1.82, 2.24) is 0 Å².